The van der Waals surface area contributed by atoms with Crippen molar-refractivity contribution >= 4 is 0 Å². The summed E-state index contributed by atoms with van der Waals surface area (Å²) in [6, 6.07) is 0. The molecule has 2 nitrogen and oxygen atoms in total. The van der Waals surface area contributed by atoms with Crippen LogP contribution in [0.4, 0.5) is 0 Å². The third kappa shape index (κ3) is 2.14. The van der Waals surface area contributed by atoms with Crippen LogP contribution in [0.25, 0.3) is 0 Å². The molecule has 3 aliphatic rings. The van der Waals surface area contributed by atoms with Gasteiger partial charge in [-0.3, -0.25) is 0 Å². The Balaban J connectivity index is 1.92. The third-order valence-electron chi connectivity index (χ3n) is 6.86. The molecule has 0 aromatic heterocycles. The summed E-state index contributed by atoms with van der Waals surface area (Å²) in [5.74, 6) is 0.819. The van der Waals surface area contributed by atoms with Gasteiger partial charge in [-0.15, -0.1) is 0 Å². The smallest absolute Gasteiger partial charge is 0.0781 e. The molecular formula is C18H32O2. The third-order valence-corrected chi connectivity index (χ3v) is 6.86. The second kappa shape index (κ2) is 4.71. The van der Waals surface area contributed by atoms with E-state index in [1.165, 1.54) is 44.9 Å². The fourth-order valence-electron chi connectivity index (χ4n) is 6.11. The molecule has 0 aromatic rings. The number of aliphatic hydroxyl groups is 1. The van der Waals surface area contributed by atoms with Gasteiger partial charge in [-0.05, 0) is 62.2 Å². The molecule has 5 unspecified atom stereocenters. The number of fused-ring (bicyclic) bond motifs is 1. The normalized spacial score (nSPS) is 47.9. The minimum Gasteiger partial charge on any atom is -0.394 e. The lowest BCUT2D eigenvalue weighted by Crippen LogP contribution is -2.50. The zero-order valence-electron chi connectivity index (χ0n) is 13.7. The summed E-state index contributed by atoms with van der Waals surface area (Å²) in [6.45, 7) is 9.56. The summed E-state index contributed by atoms with van der Waals surface area (Å²) < 4.78 is 6.34. The second-order valence-corrected chi connectivity index (χ2v) is 8.98. The van der Waals surface area contributed by atoms with E-state index in [2.05, 4.69) is 20.8 Å². The largest absolute Gasteiger partial charge is 0.394 e. The maximum absolute atomic E-state index is 9.37. The van der Waals surface area contributed by atoms with Crippen molar-refractivity contribution in [3.8, 4) is 0 Å². The van der Waals surface area contributed by atoms with E-state index < -0.39 is 0 Å². The molecule has 2 heteroatoms. The summed E-state index contributed by atoms with van der Waals surface area (Å²) in [5, 5.41) is 9.37. The Labute approximate surface area is 124 Å². The predicted molar refractivity (Wildman–Crippen MR) is 81.6 cm³/mol. The molecule has 20 heavy (non-hydrogen) atoms. The number of hydrogen-bond donors (Lipinski definition) is 1. The van der Waals surface area contributed by atoms with E-state index in [1.54, 1.807) is 0 Å². The summed E-state index contributed by atoms with van der Waals surface area (Å²) in [7, 11) is 0. The van der Waals surface area contributed by atoms with E-state index in [-0.39, 0.29) is 12.7 Å². The molecule has 1 N–H and O–H groups in total. The number of aliphatic hydroxyl groups excluding tert-OH is 1. The van der Waals surface area contributed by atoms with Crippen LogP contribution in [0.3, 0.4) is 0 Å². The van der Waals surface area contributed by atoms with Crippen molar-refractivity contribution < 1.29 is 9.84 Å². The highest BCUT2D eigenvalue weighted by atomic mass is 16.5. The molecule has 0 saturated heterocycles. The Kier molecular flexibility index (Phi) is 3.49. The SMILES string of the molecule is CC(CO)OC1CC(C)(C)C2CCC3(C)CCCC12C3. The average molecular weight is 280 g/mol. The molecule has 0 aliphatic heterocycles. The maximum Gasteiger partial charge on any atom is 0.0781 e. The first-order chi connectivity index (χ1) is 9.31. The van der Waals surface area contributed by atoms with Crippen molar-refractivity contribution in [1.82, 2.24) is 0 Å². The summed E-state index contributed by atoms with van der Waals surface area (Å²) in [5.41, 5.74) is 1.36. The lowest BCUT2D eigenvalue weighted by Gasteiger charge is -2.56. The number of ether oxygens (including phenoxy) is 1. The van der Waals surface area contributed by atoms with Gasteiger partial charge in [-0.2, -0.15) is 0 Å². The van der Waals surface area contributed by atoms with Crippen molar-refractivity contribution in [2.75, 3.05) is 6.61 Å². The van der Waals surface area contributed by atoms with Crippen molar-refractivity contribution in [2.45, 2.75) is 84.8 Å². The van der Waals surface area contributed by atoms with Crippen molar-refractivity contribution in [3.63, 3.8) is 0 Å². The average Bonchev–Trinajstić information content (AvgIpc) is 2.55. The molecule has 3 rings (SSSR count). The van der Waals surface area contributed by atoms with Crippen LogP contribution in [0.2, 0.25) is 0 Å². The van der Waals surface area contributed by atoms with Gasteiger partial charge in [0.05, 0.1) is 18.8 Å². The molecular weight excluding hydrogens is 248 g/mol. The summed E-state index contributed by atoms with van der Waals surface area (Å²) >= 11 is 0. The highest BCUT2D eigenvalue weighted by Gasteiger charge is 2.63. The first kappa shape index (κ1) is 14.8. The topological polar surface area (TPSA) is 29.5 Å². The molecule has 3 saturated carbocycles. The van der Waals surface area contributed by atoms with E-state index in [0.717, 1.165) is 5.92 Å². The Morgan fingerprint density at radius 1 is 1.20 bits per heavy atom. The summed E-state index contributed by atoms with van der Waals surface area (Å²) in [6.07, 6.45) is 9.81. The van der Waals surface area contributed by atoms with Crippen molar-refractivity contribution in [1.29, 1.82) is 0 Å². The van der Waals surface area contributed by atoms with Crippen LogP contribution < -0.4 is 0 Å². The molecule has 0 heterocycles. The Morgan fingerprint density at radius 2 is 1.95 bits per heavy atom. The van der Waals surface area contributed by atoms with E-state index >= 15 is 0 Å². The van der Waals surface area contributed by atoms with E-state index in [1.807, 2.05) is 6.92 Å². The van der Waals surface area contributed by atoms with Crippen LogP contribution >= 0.6 is 0 Å². The zero-order chi connectivity index (χ0) is 14.6. The van der Waals surface area contributed by atoms with Gasteiger partial charge < -0.3 is 9.84 Å². The van der Waals surface area contributed by atoms with Gasteiger partial charge in [-0.25, -0.2) is 0 Å². The van der Waals surface area contributed by atoms with Gasteiger partial charge in [-0.1, -0.05) is 27.2 Å². The van der Waals surface area contributed by atoms with Crippen LogP contribution in [0.5, 0.6) is 0 Å². The van der Waals surface area contributed by atoms with Crippen molar-refractivity contribution in [2.24, 2.45) is 22.2 Å². The second-order valence-electron chi connectivity index (χ2n) is 8.98. The Bertz CT molecular complexity index is 378. The zero-order valence-corrected chi connectivity index (χ0v) is 13.7. The minimum absolute atomic E-state index is 0.0148. The van der Waals surface area contributed by atoms with Gasteiger partial charge in [0.2, 0.25) is 0 Å². The molecule has 3 fully saturated rings. The highest BCUT2D eigenvalue weighted by molar-refractivity contribution is 5.13. The Morgan fingerprint density at radius 3 is 2.65 bits per heavy atom. The van der Waals surface area contributed by atoms with Crippen LogP contribution in [-0.2, 0) is 4.74 Å². The van der Waals surface area contributed by atoms with Gasteiger partial charge in [0.1, 0.15) is 0 Å². The monoisotopic (exact) mass is 280 g/mol. The van der Waals surface area contributed by atoms with E-state index in [4.69, 9.17) is 4.74 Å². The fraction of sp³-hybridized carbons (Fsp3) is 1.00. The fourth-order valence-corrected chi connectivity index (χ4v) is 6.11. The lowest BCUT2D eigenvalue weighted by molar-refractivity contribution is -0.137. The molecule has 5 atom stereocenters. The summed E-state index contributed by atoms with van der Waals surface area (Å²) in [4.78, 5) is 0. The van der Waals surface area contributed by atoms with Gasteiger partial charge in [0.25, 0.3) is 0 Å². The molecule has 0 amide bonds. The van der Waals surface area contributed by atoms with Gasteiger partial charge >= 0.3 is 0 Å². The van der Waals surface area contributed by atoms with Crippen LogP contribution in [0, 0.1) is 22.2 Å². The molecule has 0 aromatic carbocycles. The minimum atomic E-state index is -0.0148. The van der Waals surface area contributed by atoms with Crippen molar-refractivity contribution in [3.05, 3.63) is 0 Å². The quantitative estimate of drug-likeness (QED) is 0.841. The molecule has 3 aliphatic carbocycles. The first-order valence-corrected chi connectivity index (χ1v) is 8.58. The predicted octanol–water partition coefficient (Wildman–Crippen LogP) is 4.16. The number of rotatable bonds is 3. The van der Waals surface area contributed by atoms with Gasteiger partial charge in [0.15, 0.2) is 0 Å². The van der Waals surface area contributed by atoms with E-state index in [9.17, 15) is 5.11 Å². The van der Waals surface area contributed by atoms with Gasteiger partial charge in [0, 0.05) is 5.41 Å². The van der Waals surface area contributed by atoms with Crippen LogP contribution in [0.15, 0.2) is 0 Å². The van der Waals surface area contributed by atoms with Crippen LogP contribution in [-0.4, -0.2) is 23.9 Å². The maximum atomic E-state index is 9.37. The van der Waals surface area contributed by atoms with Crippen LogP contribution in [0.1, 0.15) is 72.6 Å². The van der Waals surface area contributed by atoms with E-state index in [0.29, 0.717) is 22.3 Å². The molecule has 2 bridgehead atoms. The highest BCUT2D eigenvalue weighted by Crippen LogP contribution is 2.69. The number of hydrogen-bond acceptors (Lipinski definition) is 2. The molecule has 1 spiro atoms. The Hall–Kier alpha value is -0.0800. The molecule has 116 valence electrons. The molecule has 0 radical (unpaired) electrons. The standard InChI is InChI=1S/C18H32O2/c1-13(11-19)20-15-10-16(2,3)14-6-9-17(4)7-5-8-18(14,15)12-17/h13-15,19H,5-12H2,1-4H3. The first-order valence-electron chi connectivity index (χ1n) is 8.58. The lowest BCUT2D eigenvalue weighted by atomic mass is 9.50.